The number of nitrogens with zero attached hydrogens (tertiary/aromatic N) is 2. The second kappa shape index (κ2) is 8.70. The molecule has 1 amide bonds. The quantitative estimate of drug-likeness (QED) is 0.621. The van der Waals surface area contributed by atoms with Gasteiger partial charge in [0.1, 0.15) is 11.5 Å². The van der Waals surface area contributed by atoms with E-state index in [2.05, 4.69) is 4.99 Å². The first-order valence-corrected chi connectivity index (χ1v) is 9.10. The number of amides is 1. The molecular weight excluding hydrogens is 396 g/mol. The van der Waals surface area contributed by atoms with Crippen LogP contribution in [0.2, 0.25) is 5.02 Å². The van der Waals surface area contributed by atoms with Crippen LogP contribution in [0, 0.1) is 0 Å². The van der Waals surface area contributed by atoms with Crippen molar-refractivity contribution in [2.75, 3.05) is 0 Å². The van der Waals surface area contributed by atoms with Crippen LogP contribution in [0.4, 0.5) is 0 Å². The normalized spacial score (nSPS) is 16.0. The highest BCUT2D eigenvalue weighted by Gasteiger charge is 2.36. The number of carboxylic acid groups (broad SMARTS) is 2. The second-order valence-corrected chi connectivity index (χ2v) is 6.74. The van der Waals surface area contributed by atoms with E-state index in [4.69, 9.17) is 11.6 Å². The Bertz CT molecular complexity index is 999. The summed E-state index contributed by atoms with van der Waals surface area (Å²) in [7, 11) is 0. The van der Waals surface area contributed by atoms with Gasteiger partial charge in [0.25, 0.3) is 5.91 Å². The first kappa shape index (κ1) is 20.3. The molecule has 29 heavy (non-hydrogen) atoms. The van der Waals surface area contributed by atoms with Crippen molar-refractivity contribution in [2.45, 2.75) is 18.9 Å². The maximum atomic E-state index is 13.0. The lowest BCUT2D eigenvalue weighted by Gasteiger charge is -2.29. The molecule has 0 N–H and O–H groups in total. The fraction of sp³-hybridized carbons (Fsp3) is 0.143. The summed E-state index contributed by atoms with van der Waals surface area (Å²) in [6.45, 7) is 0. The van der Waals surface area contributed by atoms with Crippen molar-refractivity contribution in [1.29, 1.82) is 0 Å². The molecule has 1 aliphatic heterocycles. The lowest BCUT2D eigenvalue weighted by Crippen LogP contribution is -2.52. The zero-order valence-corrected chi connectivity index (χ0v) is 15.8. The Kier molecular flexibility index (Phi) is 6.09. The number of carboxylic acids is 2. The number of aliphatic imine (C=N–C) groups is 1. The van der Waals surface area contributed by atoms with Gasteiger partial charge in [0.05, 0.1) is 12.0 Å². The fourth-order valence-electron chi connectivity index (χ4n) is 2.93. The van der Waals surface area contributed by atoms with E-state index in [-0.39, 0.29) is 18.0 Å². The molecule has 2 aromatic carbocycles. The summed E-state index contributed by atoms with van der Waals surface area (Å²) < 4.78 is 0. The van der Waals surface area contributed by atoms with Crippen LogP contribution in [-0.4, -0.2) is 34.6 Å². The topological polar surface area (TPSA) is 113 Å². The second-order valence-electron chi connectivity index (χ2n) is 6.30. The molecule has 2 aromatic rings. The zero-order chi connectivity index (χ0) is 21.0. The van der Waals surface area contributed by atoms with E-state index in [1.54, 1.807) is 54.6 Å². The molecule has 0 bridgehead atoms. The van der Waals surface area contributed by atoms with E-state index in [0.29, 0.717) is 16.1 Å². The Labute approximate surface area is 171 Å². The molecule has 3 rings (SSSR count). The maximum absolute atomic E-state index is 13.0. The average Bonchev–Trinajstić information content (AvgIpc) is 3.00. The van der Waals surface area contributed by atoms with Crippen LogP contribution in [0.25, 0.3) is 6.08 Å². The molecular formula is C21H15ClN2O5-2. The lowest BCUT2D eigenvalue weighted by atomic mass is 10.1. The van der Waals surface area contributed by atoms with Crippen molar-refractivity contribution in [3.05, 3.63) is 76.4 Å². The number of carbonyl (C=O) groups is 3. The Hall–Kier alpha value is -3.45. The number of carbonyl (C=O) groups excluding carboxylic acids is 3. The standard InChI is InChI=1S/C21H17ClN2O5/c22-15-8-6-13(7-9-15)12-16-20(27)24(17(21(28)29)10-11-18(25)26)19(23-16)14-4-2-1-3-5-14/h1-9,12,17H,10-11H2,(H,25,26)(H,28,29)/p-2/b16-12-/t17-/m0/s1. The van der Waals surface area contributed by atoms with Gasteiger partial charge in [-0.3, -0.25) is 9.69 Å². The number of hydrogen-bond donors (Lipinski definition) is 0. The van der Waals surface area contributed by atoms with Crippen LogP contribution in [0.15, 0.2) is 65.3 Å². The van der Waals surface area contributed by atoms with E-state index in [1.165, 1.54) is 6.08 Å². The third-order valence-corrected chi connectivity index (χ3v) is 4.56. The van der Waals surface area contributed by atoms with Crippen LogP contribution in [0.1, 0.15) is 24.0 Å². The first-order chi connectivity index (χ1) is 13.9. The predicted molar refractivity (Wildman–Crippen MR) is 102 cm³/mol. The van der Waals surface area contributed by atoms with Crippen LogP contribution in [-0.2, 0) is 14.4 Å². The summed E-state index contributed by atoms with van der Waals surface area (Å²) in [5, 5.41) is 23.1. The van der Waals surface area contributed by atoms with E-state index in [0.717, 1.165) is 4.90 Å². The van der Waals surface area contributed by atoms with Gasteiger partial charge < -0.3 is 19.8 Å². The van der Waals surface area contributed by atoms with Crippen LogP contribution in [0.3, 0.4) is 0 Å². The van der Waals surface area contributed by atoms with E-state index in [1.807, 2.05) is 0 Å². The van der Waals surface area contributed by atoms with E-state index in [9.17, 15) is 24.6 Å². The largest absolute Gasteiger partial charge is 0.550 e. The molecule has 148 valence electrons. The Balaban J connectivity index is 2.04. The molecule has 0 aliphatic carbocycles. The number of benzene rings is 2. The van der Waals surface area contributed by atoms with Gasteiger partial charge in [-0.15, -0.1) is 0 Å². The van der Waals surface area contributed by atoms with Crippen LogP contribution < -0.4 is 10.2 Å². The minimum Gasteiger partial charge on any atom is -0.550 e. The Morgan fingerprint density at radius 2 is 1.72 bits per heavy atom. The summed E-state index contributed by atoms with van der Waals surface area (Å²) in [4.78, 5) is 40.9. The molecule has 0 spiro atoms. The third kappa shape index (κ3) is 4.70. The number of hydrogen-bond acceptors (Lipinski definition) is 6. The van der Waals surface area contributed by atoms with Crippen molar-refractivity contribution in [3.8, 4) is 0 Å². The van der Waals surface area contributed by atoms with Gasteiger partial charge in [0.15, 0.2) is 0 Å². The highest BCUT2D eigenvalue weighted by atomic mass is 35.5. The Morgan fingerprint density at radius 3 is 2.31 bits per heavy atom. The summed E-state index contributed by atoms with van der Waals surface area (Å²) in [6.07, 6.45) is 0.601. The van der Waals surface area contributed by atoms with Gasteiger partial charge >= 0.3 is 0 Å². The molecule has 8 heteroatoms. The summed E-state index contributed by atoms with van der Waals surface area (Å²) in [5.41, 5.74) is 1.18. The molecule has 0 saturated carbocycles. The number of aliphatic carboxylic acids is 2. The van der Waals surface area contributed by atoms with Crippen molar-refractivity contribution >= 4 is 41.4 Å². The van der Waals surface area contributed by atoms with Gasteiger partial charge in [0.2, 0.25) is 0 Å². The molecule has 0 fully saturated rings. The number of amidine groups is 1. The van der Waals surface area contributed by atoms with Crippen molar-refractivity contribution in [2.24, 2.45) is 4.99 Å². The lowest BCUT2D eigenvalue weighted by molar-refractivity contribution is -0.311. The van der Waals surface area contributed by atoms with Crippen molar-refractivity contribution < 1.29 is 24.6 Å². The summed E-state index contributed by atoms with van der Waals surface area (Å²) in [5.74, 6) is -3.54. The van der Waals surface area contributed by atoms with Crippen LogP contribution >= 0.6 is 11.6 Å². The molecule has 1 atom stereocenters. The van der Waals surface area contributed by atoms with Gasteiger partial charge in [-0.25, -0.2) is 4.99 Å². The molecule has 1 heterocycles. The predicted octanol–water partition coefficient (Wildman–Crippen LogP) is 0.619. The van der Waals surface area contributed by atoms with Gasteiger partial charge in [0, 0.05) is 16.6 Å². The van der Waals surface area contributed by atoms with Gasteiger partial charge in [-0.1, -0.05) is 54.1 Å². The van der Waals surface area contributed by atoms with Crippen molar-refractivity contribution in [1.82, 2.24) is 4.90 Å². The Morgan fingerprint density at radius 1 is 1.07 bits per heavy atom. The summed E-state index contributed by atoms with van der Waals surface area (Å²) >= 11 is 5.87. The molecule has 0 unspecified atom stereocenters. The van der Waals surface area contributed by atoms with Crippen LogP contribution in [0.5, 0.6) is 0 Å². The highest BCUT2D eigenvalue weighted by molar-refractivity contribution is 6.30. The minimum atomic E-state index is -1.57. The minimum absolute atomic E-state index is 0.0193. The fourth-order valence-corrected chi connectivity index (χ4v) is 3.06. The molecule has 7 nitrogen and oxygen atoms in total. The van der Waals surface area contributed by atoms with E-state index >= 15 is 0 Å². The van der Waals surface area contributed by atoms with Crippen molar-refractivity contribution in [3.63, 3.8) is 0 Å². The highest BCUT2D eigenvalue weighted by Crippen LogP contribution is 2.26. The SMILES string of the molecule is O=C([O-])CC[C@@H](C(=O)[O-])N1C(=O)/C(=C/c2ccc(Cl)cc2)N=C1c1ccccc1. The smallest absolute Gasteiger partial charge is 0.278 e. The molecule has 1 aliphatic rings. The monoisotopic (exact) mass is 410 g/mol. The number of halogens is 1. The molecule has 0 saturated heterocycles. The molecule has 0 radical (unpaired) electrons. The maximum Gasteiger partial charge on any atom is 0.278 e. The van der Waals surface area contributed by atoms with Gasteiger partial charge in [-0.05, 0) is 36.6 Å². The van der Waals surface area contributed by atoms with Gasteiger partial charge in [-0.2, -0.15) is 0 Å². The van der Waals surface area contributed by atoms with E-state index < -0.39 is 30.3 Å². The average molecular weight is 411 g/mol. The third-order valence-electron chi connectivity index (χ3n) is 4.30. The summed E-state index contributed by atoms with van der Waals surface area (Å²) in [6, 6.07) is 13.7. The zero-order valence-electron chi connectivity index (χ0n) is 15.1. The number of rotatable bonds is 7. The molecule has 0 aromatic heterocycles. The first-order valence-electron chi connectivity index (χ1n) is 8.72.